The third-order valence-electron chi connectivity index (χ3n) is 2.61. The van der Waals surface area contributed by atoms with E-state index in [1.54, 1.807) is 11.3 Å². The number of thiazole rings is 1. The predicted octanol–water partition coefficient (Wildman–Crippen LogP) is 3.94. The summed E-state index contributed by atoms with van der Waals surface area (Å²) in [7, 11) is 0. The van der Waals surface area contributed by atoms with Crippen molar-refractivity contribution in [3.8, 4) is 22.9 Å². The van der Waals surface area contributed by atoms with Crippen LogP contribution in [0.3, 0.4) is 0 Å². The Kier molecular flexibility index (Phi) is 2.40. The Hall–Kier alpha value is -2.11. The highest BCUT2D eigenvalue weighted by Crippen LogP contribution is 2.31. The zero-order chi connectivity index (χ0) is 11.7. The van der Waals surface area contributed by atoms with E-state index in [9.17, 15) is 0 Å². The second-order valence-corrected chi connectivity index (χ2v) is 4.71. The van der Waals surface area contributed by atoms with Gasteiger partial charge in [-0.2, -0.15) is 0 Å². The molecule has 0 aliphatic carbocycles. The fourth-order valence-electron chi connectivity index (χ4n) is 1.78. The number of nitrogens with zero attached hydrogens (tertiary/aromatic N) is 1. The fourth-order valence-corrected chi connectivity index (χ4v) is 2.79. The molecule has 1 nitrogen and oxygen atoms in total. The molecule has 17 heavy (non-hydrogen) atoms. The van der Waals surface area contributed by atoms with Gasteiger partial charge in [0.25, 0.3) is 0 Å². The van der Waals surface area contributed by atoms with Crippen molar-refractivity contribution >= 4 is 21.6 Å². The maximum atomic E-state index is 5.51. The van der Waals surface area contributed by atoms with E-state index >= 15 is 0 Å². The first-order valence-corrected chi connectivity index (χ1v) is 6.12. The minimum Gasteiger partial charge on any atom is -0.236 e. The summed E-state index contributed by atoms with van der Waals surface area (Å²) in [5.74, 6) is 2.71. The molecule has 0 atom stereocenters. The summed E-state index contributed by atoms with van der Waals surface area (Å²) in [6.07, 6.45) is 5.51. The predicted molar refractivity (Wildman–Crippen MR) is 73.0 cm³/mol. The van der Waals surface area contributed by atoms with Gasteiger partial charge in [0.2, 0.25) is 0 Å². The van der Waals surface area contributed by atoms with Crippen LogP contribution in [0, 0.1) is 12.3 Å². The van der Waals surface area contributed by atoms with Gasteiger partial charge in [0.1, 0.15) is 5.01 Å². The maximum Gasteiger partial charge on any atom is 0.125 e. The van der Waals surface area contributed by atoms with Crippen LogP contribution < -0.4 is 0 Å². The Morgan fingerprint density at radius 2 is 1.76 bits per heavy atom. The van der Waals surface area contributed by atoms with E-state index in [1.807, 2.05) is 42.5 Å². The van der Waals surface area contributed by atoms with Crippen LogP contribution >= 0.6 is 11.3 Å². The number of para-hydroxylation sites is 1. The van der Waals surface area contributed by atoms with Crippen molar-refractivity contribution in [2.45, 2.75) is 0 Å². The first-order valence-electron chi connectivity index (χ1n) is 5.30. The van der Waals surface area contributed by atoms with Gasteiger partial charge in [-0.1, -0.05) is 36.3 Å². The highest BCUT2D eigenvalue weighted by molar-refractivity contribution is 7.21. The molecule has 1 heterocycles. The molecule has 0 N–H and O–H groups in total. The lowest BCUT2D eigenvalue weighted by Gasteiger charge is -1.98. The average Bonchev–Trinajstić information content (AvgIpc) is 2.82. The third-order valence-corrected chi connectivity index (χ3v) is 3.68. The third kappa shape index (κ3) is 1.71. The van der Waals surface area contributed by atoms with Crippen LogP contribution in [0.4, 0.5) is 0 Å². The molecule has 0 aliphatic heterocycles. The molecular formula is C15H9NS. The summed E-state index contributed by atoms with van der Waals surface area (Å²) < 4.78 is 1.19. The second-order valence-electron chi connectivity index (χ2n) is 3.68. The Morgan fingerprint density at radius 3 is 2.59 bits per heavy atom. The van der Waals surface area contributed by atoms with E-state index in [-0.39, 0.29) is 0 Å². The Morgan fingerprint density at radius 1 is 1.00 bits per heavy atom. The number of terminal acetylenes is 1. The number of rotatable bonds is 1. The monoisotopic (exact) mass is 235 g/mol. The van der Waals surface area contributed by atoms with Crippen LogP contribution in [0.2, 0.25) is 0 Å². The summed E-state index contributed by atoms with van der Waals surface area (Å²) in [4.78, 5) is 4.61. The number of hydrogen-bond acceptors (Lipinski definition) is 2. The Labute approximate surface area is 104 Å². The molecular weight excluding hydrogens is 226 g/mol. The molecule has 0 unspecified atom stereocenters. The van der Waals surface area contributed by atoms with E-state index in [1.165, 1.54) is 4.70 Å². The van der Waals surface area contributed by atoms with E-state index in [4.69, 9.17) is 6.42 Å². The van der Waals surface area contributed by atoms with Gasteiger partial charge in [-0.25, -0.2) is 4.98 Å². The first kappa shape index (κ1) is 10.1. The number of fused-ring (bicyclic) bond motifs is 1. The van der Waals surface area contributed by atoms with Gasteiger partial charge in [0, 0.05) is 11.1 Å². The zero-order valence-electron chi connectivity index (χ0n) is 9.05. The molecule has 1 aromatic heterocycles. The quantitative estimate of drug-likeness (QED) is 0.582. The lowest BCUT2D eigenvalue weighted by atomic mass is 10.1. The molecule has 0 fully saturated rings. The van der Waals surface area contributed by atoms with Gasteiger partial charge < -0.3 is 0 Å². The maximum absolute atomic E-state index is 5.51. The van der Waals surface area contributed by atoms with Gasteiger partial charge in [-0.05, 0) is 18.2 Å². The van der Waals surface area contributed by atoms with Gasteiger partial charge in [-0.15, -0.1) is 17.8 Å². The van der Waals surface area contributed by atoms with E-state index in [0.717, 1.165) is 21.7 Å². The lowest BCUT2D eigenvalue weighted by Crippen LogP contribution is -1.81. The summed E-state index contributed by atoms with van der Waals surface area (Å²) in [6, 6.07) is 16.0. The molecule has 80 valence electrons. The Bertz CT molecular complexity index is 686. The molecule has 0 radical (unpaired) electrons. The topological polar surface area (TPSA) is 12.9 Å². The Balaban J connectivity index is 2.25. The summed E-state index contributed by atoms with van der Waals surface area (Å²) in [6.45, 7) is 0. The zero-order valence-corrected chi connectivity index (χ0v) is 9.87. The molecule has 2 aromatic carbocycles. The van der Waals surface area contributed by atoms with Crippen LogP contribution in [0.5, 0.6) is 0 Å². The van der Waals surface area contributed by atoms with Crippen molar-refractivity contribution in [1.29, 1.82) is 0 Å². The molecule has 3 rings (SSSR count). The average molecular weight is 235 g/mol. The second kappa shape index (κ2) is 4.04. The van der Waals surface area contributed by atoms with E-state index in [0.29, 0.717) is 0 Å². The minimum atomic E-state index is 0.895. The summed E-state index contributed by atoms with van der Waals surface area (Å²) >= 11 is 1.67. The van der Waals surface area contributed by atoms with E-state index in [2.05, 4.69) is 17.0 Å². The van der Waals surface area contributed by atoms with Crippen LogP contribution in [0.1, 0.15) is 5.56 Å². The molecule has 0 amide bonds. The van der Waals surface area contributed by atoms with Crippen molar-refractivity contribution in [1.82, 2.24) is 4.98 Å². The van der Waals surface area contributed by atoms with Crippen molar-refractivity contribution in [3.05, 3.63) is 54.1 Å². The van der Waals surface area contributed by atoms with E-state index < -0.39 is 0 Å². The molecule has 3 aromatic rings. The number of hydrogen-bond donors (Lipinski definition) is 0. The van der Waals surface area contributed by atoms with Crippen LogP contribution in [0.25, 0.3) is 20.8 Å². The standard InChI is InChI=1S/C15H9NS/c1-2-11-7-3-4-8-12(11)15-16-13-9-5-6-10-14(13)17-15/h1,3-10H. The van der Waals surface area contributed by atoms with Crippen LogP contribution in [-0.4, -0.2) is 4.98 Å². The summed E-state index contributed by atoms with van der Waals surface area (Å²) in [5, 5.41) is 0.986. The molecule has 0 saturated heterocycles. The molecule has 0 bridgehead atoms. The van der Waals surface area contributed by atoms with Crippen molar-refractivity contribution in [2.75, 3.05) is 0 Å². The molecule has 2 heteroatoms. The SMILES string of the molecule is C#Cc1ccccc1-c1nc2ccccc2s1. The van der Waals surface area contributed by atoms with Crippen LogP contribution in [0.15, 0.2) is 48.5 Å². The van der Waals surface area contributed by atoms with Crippen molar-refractivity contribution in [3.63, 3.8) is 0 Å². The summed E-state index contributed by atoms with van der Waals surface area (Å²) in [5.41, 5.74) is 2.96. The molecule has 0 aliphatic rings. The lowest BCUT2D eigenvalue weighted by molar-refractivity contribution is 1.47. The van der Waals surface area contributed by atoms with Crippen molar-refractivity contribution < 1.29 is 0 Å². The number of benzene rings is 2. The highest BCUT2D eigenvalue weighted by atomic mass is 32.1. The molecule has 0 saturated carbocycles. The van der Waals surface area contributed by atoms with Gasteiger partial charge in [0.15, 0.2) is 0 Å². The molecule has 0 spiro atoms. The van der Waals surface area contributed by atoms with Gasteiger partial charge in [0.05, 0.1) is 10.2 Å². The van der Waals surface area contributed by atoms with Crippen molar-refractivity contribution in [2.24, 2.45) is 0 Å². The normalized spacial score (nSPS) is 10.3. The van der Waals surface area contributed by atoms with Gasteiger partial charge in [-0.3, -0.25) is 0 Å². The largest absolute Gasteiger partial charge is 0.236 e. The van der Waals surface area contributed by atoms with Gasteiger partial charge >= 0.3 is 0 Å². The number of aromatic nitrogens is 1. The first-order chi connectivity index (χ1) is 8.38. The van der Waals surface area contributed by atoms with Crippen LogP contribution in [-0.2, 0) is 0 Å². The minimum absolute atomic E-state index is 0.895. The fraction of sp³-hybridized carbons (Fsp3) is 0. The highest BCUT2D eigenvalue weighted by Gasteiger charge is 2.08. The smallest absolute Gasteiger partial charge is 0.125 e.